The molecule has 0 unspecified atom stereocenters. The normalized spacial score (nSPS) is 13.9. The first-order valence-electron chi connectivity index (χ1n) is 9.50. The molecule has 154 valence electrons. The van der Waals surface area contributed by atoms with Gasteiger partial charge < -0.3 is 14.5 Å². The van der Waals surface area contributed by atoms with E-state index in [9.17, 15) is 14.5 Å². The molecule has 1 saturated heterocycles. The van der Waals surface area contributed by atoms with E-state index in [2.05, 4.69) is 14.9 Å². The predicted octanol–water partition coefficient (Wildman–Crippen LogP) is 3.95. The first kappa shape index (κ1) is 19.6. The lowest BCUT2D eigenvalue weighted by atomic mass is 10.2. The van der Waals surface area contributed by atoms with Crippen molar-refractivity contribution in [3.05, 3.63) is 76.4 Å². The zero-order valence-corrected chi connectivity index (χ0v) is 16.4. The molecule has 2 aromatic carbocycles. The number of hydrogen-bond donors (Lipinski definition) is 0. The molecule has 2 heterocycles. The SMILES string of the molecule is Cc1ccc(Oc2ncnc(N3CCN(c4ccc(F)cc4)CC3)c2[N+](=O)[O-])cc1. The molecule has 0 radical (unpaired) electrons. The molecule has 0 aliphatic carbocycles. The second kappa shape index (κ2) is 8.32. The maximum absolute atomic E-state index is 13.2. The zero-order chi connectivity index (χ0) is 21.1. The molecule has 1 aromatic heterocycles. The van der Waals surface area contributed by atoms with Crippen molar-refractivity contribution in [2.45, 2.75) is 6.92 Å². The zero-order valence-electron chi connectivity index (χ0n) is 16.4. The van der Waals surface area contributed by atoms with Crippen molar-refractivity contribution in [1.29, 1.82) is 0 Å². The molecule has 9 heteroatoms. The number of ether oxygens (including phenoxy) is 1. The lowest BCUT2D eigenvalue weighted by molar-refractivity contribution is -0.385. The van der Waals surface area contributed by atoms with E-state index < -0.39 is 4.92 Å². The number of piperazine rings is 1. The van der Waals surface area contributed by atoms with E-state index in [-0.39, 0.29) is 23.2 Å². The third-order valence-electron chi connectivity index (χ3n) is 4.96. The molecule has 0 saturated carbocycles. The molecule has 0 amide bonds. The number of anilines is 2. The summed E-state index contributed by atoms with van der Waals surface area (Å²) in [6, 6.07) is 13.5. The fourth-order valence-electron chi connectivity index (χ4n) is 3.37. The quantitative estimate of drug-likeness (QED) is 0.466. The van der Waals surface area contributed by atoms with Crippen LogP contribution in [0.4, 0.5) is 21.6 Å². The molecule has 1 aliphatic rings. The number of halogens is 1. The highest BCUT2D eigenvalue weighted by molar-refractivity contribution is 5.64. The highest BCUT2D eigenvalue weighted by Gasteiger charge is 2.30. The number of nitro groups is 1. The molecule has 4 rings (SSSR count). The summed E-state index contributed by atoms with van der Waals surface area (Å²) < 4.78 is 18.8. The van der Waals surface area contributed by atoms with Crippen LogP contribution in [0.1, 0.15) is 5.56 Å². The fraction of sp³-hybridized carbons (Fsp3) is 0.238. The number of aryl methyl sites for hydroxylation is 1. The number of aromatic nitrogens is 2. The van der Waals surface area contributed by atoms with Gasteiger partial charge in [0.05, 0.1) is 4.92 Å². The average Bonchev–Trinajstić information content (AvgIpc) is 2.76. The molecular weight excluding hydrogens is 389 g/mol. The Balaban J connectivity index is 1.54. The highest BCUT2D eigenvalue weighted by Crippen LogP contribution is 2.36. The maximum Gasteiger partial charge on any atom is 0.373 e. The van der Waals surface area contributed by atoms with Gasteiger partial charge in [-0.3, -0.25) is 10.1 Å². The van der Waals surface area contributed by atoms with Gasteiger partial charge in [0, 0.05) is 31.9 Å². The van der Waals surface area contributed by atoms with Gasteiger partial charge in [-0.1, -0.05) is 17.7 Å². The number of nitrogens with zero attached hydrogens (tertiary/aromatic N) is 5. The van der Waals surface area contributed by atoms with Crippen LogP contribution in [0, 0.1) is 22.9 Å². The summed E-state index contributed by atoms with van der Waals surface area (Å²) in [4.78, 5) is 23.4. The Kier molecular flexibility index (Phi) is 5.42. The van der Waals surface area contributed by atoms with Crippen LogP contribution >= 0.6 is 0 Å². The number of benzene rings is 2. The molecular formula is C21H20FN5O3. The smallest absolute Gasteiger partial charge is 0.373 e. The Morgan fingerprint density at radius 3 is 2.23 bits per heavy atom. The summed E-state index contributed by atoms with van der Waals surface area (Å²) in [5.74, 6) is 0.329. The summed E-state index contributed by atoms with van der Waals surface area (Å²) >= 11 is 0. The second-order valence-corrected chi connectivity index (χ2v) is 6.97. The van der Waals surface area contributed by atoms with Crippen LogP contribution in [0.25, 0.3) is 0 Å². The second-order valence-electron chi connectivity index (χ2n) is 6.97. The van der Waals surface area contributed by atoms with Crippen molar-refractivity contribution < 1.29 is 14.1 Å². The van der Waals surface area contributed by atoms with Crippen molar-refractivity contribution in [3.63, 3.8) is 0 Å². The van der Waals surface area contributed by atoms with E-state index in [1.54, 1.807) is 24.3 Å². The van der Waals surface area contributed by atoms with Gasteiger partial charge in [0.25, 0.3) is 0 Å². The van der Waals surface area contributed by atoms with Gasteiger partial charge in [-0.25, -0.2) is 9.37 Å². The van der Waals surface area contributed by atoms with Crippen LogP contribution in [-0.2, 0) is 0 Å². The lowest BCUT2D eigenvalue weighted by Gasteiger charge is -2.36. The molecule has 0 bridgehead atoms. The van der Waals surface area contributed by atoms with Gasteiger partial charge in [0.15, 0.2) is 0 Å². The highest BCUT2D eigenvalue weighted by atomic mass is 19.1. The van der Waals surface area contributed by atoms with Crippen LogP contribution in [0.15, 0.2) is 54.9 Å². The molecule has 1 aliphatic heterocycles. The van der Waals surface area contributed by atoms with E-state index in [1.165, 1.54) is 18.5 Å². The molecule has 0 N–H and O–H groups in total. The van der Waals surface area contributed by atoms with Gasteiger partial charge >= 0.3 is 11.6 Å². The minimum atomic E-state index is -0.509. The summed E-state index contributed by atoms with van der Waals surface area (Å²) in [7, 11) is 0. The standard InChI is InChI=1S/C21H20FN5O3/c1-15-2-8-18(9-3-15)30-21-19(27(28)29)20(23-14-24-21)26-12-10-25(11-13-26)17-6-4-16(22)5-7-17/h2-9,14H,10-13H2,1H3. The Labute approximate surface area is 172 Å². The third kappa shape index (κ3) is 4.14. The maximum atomic E-state index is 13.2. The van der Waals surface area contributed by atoms with E-state index in [1.807, 2.05) is 24.0 Å². The first-order valence-corrected chi connectivity index (χ1v) is 9.50. The summed E-state index contributed by atoms with van der Waals surface area (Å²) in [5, 5.41) is 11.8. The van der Waals surface area contributed by atoms with Gasteiger partial charge in [0.2, 0.25) is 5.82 Å². The summed E-state index contributed by atoms with van der Waals surface area (Å²) in [5.41, 5.74) is 1.71. The van der Waals surface area contributed by atoms with Gasteiger partial charge in [-0.15, -0.1) is 0 Å². The van der Waals surface area contributed by atoms with Crippen LogP contribution in [0.3, 0.4) is 0 Å². The van der Waals surface area contributed by atoms with Crippen LogP contribution in [-0.4, -0.2) is 41.1 Å². The lowest BCUT2D eigenvalue weighted by Crippen LogP contribution is -2.47. The van der Waals surface area contributed by atoms with Crippen molar-refractivity contribution in [1.82, 2.24) is 9.97 Å². The largest absolute Gasteiger partial charge is 0.434 e. The van der Waals surface area contributed by atoms with E-state index in [4.69, 9.17) is 4.74 Å². The van der Waals surface area contributed by atoms with Crippen LogP contribution < -0.4 is 14.5 Å². The molecule has 3 aromatic rings. The number of rotatable bonds is 5. The predicted molar refractivity (Wildman–Crippen MR) is 111 cm³/mol. The molecule has 0 atom stereocenters. The van der Waals surface area contributed by atoms with Crippen molar-refractivity contribution >= 4 is 17.2 Å². The Hall–Kier alpha value is -3.75. The van der Waals surface area contributed by atoms with E-state index >= 15 is 0 Å². The Morgan fingerprint density at radius 2 is 1.60 bits per heavy atom. The van der Waals surface area contributed by atoms with Crippen molar-refractivity contribution in [3.8, 4) is 11.6 Å². The van der Waals surface area contributed by atoms with E-state index in [0.717, 1.165) is 11.3 Å². The molecule has 1 fully saturated rings. The van der Waals surface area contributed by atoms with Crippen molar-refractivity contribution in [2.24, 2.45) is 0 Å². The van der Waals surface area contributed by atoms with Gasteiger partial charge in [-0.2, -0.15) is 4.98 Å². The summed E-state index contributed by atoms with van der Waals surface area (Å²) in [6.45, 7) is 4.25. The third-order valence-corrected chi connectivity index (χ3v) is 4.96. The average molecular weight is 409 g/mol. The Bertz CT molecular complexity index is 1040. The Morgan fingerprint density at radius 1 is 0.967 bits per heavy atom. The molecule has 0 spiro atoms. The van der Waals surface area contributed by atoms with Crippen molar-refractivity contribution in [2.75, 3.05) is 36.0 Å². The van der Waals surface area contributed by atoms with Gasteiger partial charge in [-0.05, 0) is 43.3 Å². The number of hydrogen-bond acceptors (Lipinski definition) is 7. The van der Waals surface area contributed by atoms with Gasteiger partial charge in [0.1, 0.15) is 17.9 Å². The fourth-order valence-corrected chi connectivity index (χ4v) is 3.37. The van der Waals surface area contributed by atoms with E-state index in [0.29, 0.717) is 31.9 Å². The minimum absolute atomic E-state index is 0.0881. The van der Waals surface area contributed by atoms with Crippen LogP contribution in [0.5, 0.6) is 11.6 Å². The monoisotopic (exact) mass is 409 g/mol. The molecule has 8 nitrogen and oxygen atoms in total. The summed E-state index contributed by atoms with van der Waals surface area (Å²) in [6.07, 6.45) is 1.28. The topological polar surface area (TPSA) is 84.6 Å². The first-order chi connectivity index (χ1) is 14.5. The molecule has 30 heavy (non-hydrogen) atoms. The van der Waals surface area contributed by atoms with Crippen LogP contribution in [0.2, 0.25) is 0 Å². The minimum Gasteiger partial charge on any atom is -0.434 e.